The van der Waals surface area contributed by atoms with Crippen molar-refractivity contribution in [3.63, 3.8) is 0 Å². The van der Waals surface area contributed by atoms with Crippen LogP contribution in [0.2, 0.25) is 0 Å². The Hall–Kier alpha value is -7.35. The third kappa shape index (κ3) is 46.4. The Balaban J connectivity index is 0.977. The lowest BCUT2D eigenvalue weighted by Gasteiger charge is -2.09. The van der Waals surface area contributed by atoms with Crippen LogP contribution in [-0.2, 0) is 71.5 Å². The van der Waals surface area contributed by atoms with Crippen molar-refractivity contribution in [1.82, 2.24) is 0 Å². The molecule has 0 saturated heterocycles. The Morgan fingerprint density at radius 1 is 0.274 bits per heavy atom. The first-order chi connectivity index (χ1) is 46.2. The van der Waals surface area contributed by atoms with Gasteiger partial charge in [-0.15, -0.1) is 0 Å². The highest BCUT2D eigenvalue weighted by molar-refractivity contribution is 5.92. The summed E-state index contributed by atoms with van der Waals surface area (Å²) in [5.74, 6) is -0.851. The van der Waals surface area contributed by atoms with Gasteiger partial charge in [-0.2, -0.15) is 0 Å². The number of hydrogen-bond donors (Lipinski definition) is 0. The number of aryl methyl sites for hydroxylation is 1. The van der Waals surface area contributed by atoms with Crippen molar-refractivity contribution in [1.29, 1.82) is 0 Å². The van der Waals surface area contributed by atoms with E-state index in [0.29, 0.717) is 203 Å². The lowest BCUT2D eigenvalue weighted by Crippen LogP contribution is -2.09. The largest absolute Gasteiger partial charge is 0.494 e. The van der Waals surface area contributed by atoms with Crippen molar-refractivity contribution in [2.24, 2.45) is 5.92 Å². The first-order valence-corrected chi connectivity index (χ1v) is 35.2. The summed E-state index contributed by atoms with van der Waals surface area (Å²) in [6, 6.07) is 20.1. The molecule has 0 saturated carbocycles. The van der Waals surface area contributed by atoms with Crippen molar-refractivity contribution in [2.75, 3.05) is 66.1 Å². The molecule has 3 aromatic rings. The van der Waals surface area contributed by atoms with Gasteiger partial charge in [-0.1, -0.05) is 63.6 Å². The fraction of sp³-hybridized carbons (Fsp3) is 0.640. The van der Waals surface area contributed by atoms with Gasteiger partial charge in [-0.25, -0.2) is 9.59 Å². The van der Waals surface area contributed by atoms with Crippen molar-refractivity contribution < 1.29 is 95.3 Å². The average Bonchev–Trinajstić information content (AvgIpc) is 1.02. The maximum atomic E-state index is 12.7. The molecule has 0 spiro atoms. The Morgan fingerprint density at radius 3 is 0.789 bits per heavy atom. The number of unbranched alkanes of at least 4 members (excludes halogenated alkanes) is 19. The molecule has 0 aliphatic carbocycles. The minimum atomic E-state index is -0.519. The number of hydrogen-bond acceptors (Lipinski definition) is 20. The summed E-state index contributed by atoms with van der Waals surface area (Å²) in [5, 5.41) is 0. The maximum Gasteiger partial charge on any atom is 0.343 e. The van der Waals surface area contributed by atoms with E-state index in [2.05, 4.69) is 13.8 Å². The number of ether oxygens (including phenoxy) is 11. The molecule has 20 nitrogen and oxygen atoms in total. The normalized spacial score (nSPS) is 10.9. The predicted octanol–water partition coefficient (Wildman–Crippen LogP) is 15.6. The van der Waals surface area contributed by atoms with E-state index in [0.717, 1.165) is 115 Å². The minimum Gasteiger partial charge on any atom is -0.494 e. The highest BCUT2D eigenvalue weighted by atomic mass is 16.6. The number of carbonyl (C=O) groups excluding carboxylic acids is 9. The summed E-state index contributed by atoms with van der Waals surface area (Å²) in [5.41, 5.74) is 1.86. The smallest absolute Gasteiger partial charge is 0.343 e. The zero-order chi connectivity index (χ0) is 68.6. The van der Waals surface area contributed by atoms with Gasteiger partial charge in [-0.3, -0.25) is 33.6 Å². The van der Waals surface area contributed by atoms with Crippen LogP contribution >= 0.6 is 0 Å². The summed E-state index contributed by atoms with van der Waals surface area (Å²) in [4.78, 5) is 110. The molecule has 3 rings (SSSR count). The molecule has 20 heteroatoms. The number of benzene rings is 3. The van der Waals surface area contributed by atoms with Crippen molar-refractivity contribution >= 4 is 53.7 Å². The molecular formula is C75H110O20. The molecule has 530 valence electrons. The van der Waals surface area contributed by atoms with E-state index in [4.69, 9.17) is 52.1 Å². The molecule has 0 unspecified atom stereocenters. The third-order valence-corrected chi connectivity index (χ3v) is 15.0. The molecule has 95 heavy (non-hydrogen) atoms. The Bertz CT molecular complexity index is 2580. The van der Waals surface area contributed by atoms with Gasteiger partial charge in [0.15, 0.2) is 0 Å². The van der Waals surface area contributed by atoms with Crippen molar-refractivity contribution in [3.8, 4) is 17.2 Å². The monoisotopic (exact) mass is 1330 g/mol. The fourth-order valence-electron chi connectivity index (χ4n) is 9.45. The second-order valence-corrected chi connectivity index (χ2v) is 24.3. The average molecular weight is 1330 g/mol. The summed E-state index contributed by atoms with van der Waals surface area (Å²) in [7, 11) is 0. The summed E-state index contributed by atoms with van der Waals surface area (Å²) < 4.78 is 59.5. The van der Waals surface area contributed by atoms with Crippen molar-refractivity contribution in [3.05, 3.63) is 89.5 Å². The number of rotatable bonds is 58. The van der Waals surface area contributed by atoms with Gasteiger partial charge in [0.05, 0.1) is 64.0 Å². The van der Waals surface area contributed by atoms with Crippen molar-refractivity contribution in [2.45, 2.75) is 239 Å². The van der Waals surface area contributed by atoms with E-state index in [1.165, 1.54) is 0 Å². The molecular weight excluding hydrogens is 1220 g/mol. The van der Waals surface area contributed by atoms with Gasteiger partial charge in [0.25, 0.3) is 0 Å². The second kappa shape index (κ2) is 54.9. The molecule has 0 radical (unpaired) electrons. The molecule has 0 fully saturated rings. The Kier molecular flexibility index (Phi) is 47.3. The van der Waals surface area contributed by atoms with Crippen LogP contribution in [0.5, 0.6) is 17.2 Å². The van der Waals surface area contributed by atoms with E-state index in [-0.39, 0.29) is 48.2 Å². The van der Waals surface area contributed by atoms with Crippen LogP contribution < -0.4 is 14.2 Å². The lowest BCUT2D eigenvalue weighted by molar-refractivity contribution is -0.146. The van der Waals surface area contributed by atoms with Crippen LogP contribution in [0.3, 0.4) is 0 Å². The molecule has 0 aliphatic rings. The molecule has 3 aromatic carbocycles. The highest BCUT2D eigenvalue weighted by Gasteiger charge is 2.14. The summed E-state index contributed by atoms with van der Waals surface area (Å²) in [6.45, 7) is 10.5. The first kappa shape index (κ1) is 81.9. The lowest BCUT2D eigenvalue weighted by atomic mass is 10.1. The number of esters is 9. The predicted molar refractivity (Wildman–Crippen MR) is 359 cm³/mol. The standard InChI is InChI=1S/C75H110O20/c1-60(2)59-85-50-22-8-15-31-67(76)88-53-25-10-17-33-69(78)90-55-27-12-19-35-71(80)92-57-29-14-21-37-73(82)93-58-30-13-20-36-72(81)91-56-28-11-18-34-70(79)89-54-26-9-16-32-68(77)87-52-24-7-5-4-6-23-51-86-64-44-42-63(43-45-64)75(84)95-66-48-46-65(47-49-66)94-74(83)62-40-38-61(3)39-41-62/h38-49,60H,4-37,50-59H2,1-3H3. The third-order valence-electron chi connectivity index (χ3n) is 15.0. The molecule has 0 atom stereocenters. The zero-order valence-corrected chi connectivity index (χ0v) is 57.3. The van der Waals surface area contributed by atoms with Gasteiger partial charge in [0.2, 0.25) is 0 Å². The number of carbonyl (C=O) groups is 9. The molecule has 0 aromatic heterocycles. The fourth-order valence-corrected chi connectivity index (χ4v) is 9.45. The molecule has 0 aliphatic heterocycles. The summed E-state index contributed by atoms with van der Waals surface area (Å²) >= 11 is 0. The Morgan fingerprint density at radius 2 is 0.505 bits per heavy atom. The van der Waals surface area contributed by atoms with Crippen LogP contribution in [0, 0.1) is 12.8 Å². The van der Waals surface area contributed by atoms with E-state index < -0.39 is 11.9 Å². The Labute approximate surface area is 564 Å². The van der Waals surface area contributed by atoms with Crippen LogP contribution in [-0.4, -0.2) is 120 Å². The van der Waals surface area contributed by atoms with Gasteiger partial charge in [0, 0.05) is 58.2 Å². The van der Waals surface area contributed by atoms with Crippen LogP contribution in [0.25, 0.3) is 0 Å². The van der Waals surface area contributed by atoms with Gasteiger partial charge >= 0.3 is 53.7 Å². The van der Waals surface area contributed by atoms with E-state index in [1.54, 1.807) is 60.7 Å². The highest BCUT2D eigenvalue weighted by Crippen LogP contribution is 2.22. The van der Waals surface area contributed by atoms with E-state index in [1.807, 2.05) is 19.1 Å². The van der Waals surface area contributed by atoms with Gasteiger partial charge in [-0.05, 0) is 215 Å². The molecule has 0 bridgehead atoms. The van der Waals surface area contributed by atoms with E-state index in [9.17, 15) is 43.2 Å². The van der Waals surface area contributed by atoms with Crippen LogP contribution in [0.1, 0.15) is 258 Å². The summed E-state index contributed by atoms with van der Waals surface area (Å²) in [6.07, 6.45) is 23.1. The minimum absolute atomic E-state index is 0.178. The maximum absolute atomic E-state index is 12.7. The molecule has 0 amide bonds. The van der Waals surface area contributed by atoms with Gasteiger partial charge in [0.1, 0.15) is 17.2 Å². The molecule has 0 N–H and O–H groups in total. The second-order valence-electron chi connectivity index (χ2n) is 24.3. The van der Waals surface area contributed by atoms with Crippen LogP contribution in [0.15, 0.2) is 72.8 Å². The topological polar surface area (TPSA) is 255 Å². The molecule has 0 heterocycles. The van der Waals surface area contributed by atoms with E-state index >= 15 is 0 Å². The van der Waals surface area contributed by atoms with Gasteiger partial charge < -0.3 is 52.1 Å². The van der Waals surface area contributed by atoms with Crippen LogP contribution in [0.4, 0.5) is 0 Å². The SMILES string of the molecule is Cc1ccc(C(=O)Oc2ccc(OC(=O)c3ccc(OCCCCCCCCOC(=O)CCCCCOC(=O)CCCCCOC(=O)CCCCCOC(=O)CCCCCOC(=O)CCCCCOC(=O)CCCCCOC(=O)CCCCCOCC(C)C)cc3)cc2)cc1. The first-order valence-electron chi connectivity index (χ1n) is 35.2. The zero-order valence-electron chi connectivity index (χ0n) is 57.3. The quantitative estimate of drug-likeness (QED) is 0.0220.